The Hall–Kier alpha value is -2.58. The van der Waals surface area contributed by atoms with E-state index in [1.54, 1.807) is 24.5 Å². The summed E-state index contributed by atoms with van der Waals surface area (Å²) >= 11 is 1.66. The molecule has 0 fully saturated rings. The van der Waals surface area contributed by atoms with Crippen molar-refractivity contribution in [3.05, 3.63) is 45.8 Å². The third-order valence-electron chi connectivity index (χ3n) is 2.98. The molecule has 0 spiro atoms. The van der Waals surface area contributed by atoms with Crippen LogP contribution in [0.4, 0.5) is 0 Å². The van der Waals surface area contributed by atoms with Crippen LogP contribution in [0.1, 0.15) is 16.1 Å². The minimum atomic E-state index is 0.507. The lowest BCUT2D eigenvalue weighted by Crippen LogP contribution is -1.89. The number of nitrogens with one attached hydrogen (secondary N) is 1. The van der Waals surface area contributed by atoms with Gasteiger partial charge in [0.1, 0.15) is 11.8 Å². The maximum absolute atomic E-state index is 9.14. The first-order chi connectivity index (χ1) is 9.83. The topological polar surface area (TPSA) is 61.7 Å². The molecule has 1 N–H and O–H groups in total. The number of benzene rings is 1. The Kier molecular flexibility index (Phi) is 3.23. The van der Waals surface area contributed by atoms with Gasteiger partial charge in [-0.05, 0) is 35.7 Å². The number of nitriles is 1. The second kappa shape index (κ2) is 5.19. The molecule has 0 unspecified atom stereocenters. The number of hydrogen-bond acceptors (Lipinski definition) is 4. The van der Waals surface area contributed by atoms with E-state index in [2.05, 4.69) is 16.3 Å². The SMILES string of the molecule is COc1c(C#N)ccc2[nH]nc(C=Cc3cccs3)c12. The number of rotatable bonds is 3. The van der Waals surface area contributed by atoms with Gasteiger partial charge in [-0.3, -0.25) is 5.10 Å². The molecule has 1 aromatic carbocycles. The van der Waals surface area contributed by atoms with E-state index in [-0.39, 0.29) is 0 Å². The molecule has 0 aliphatic heterocycles. The van der Waals surface area contributed by atoms with Crippen LogP contribution in [-0.4, -0.2) is 17.3 Å². The summed E-state index contributed by atoms with van der Waals surface area (Å²) in [5, 5.41) is 19.2. The maximum atomic E-state index is 9.14. The van der Waals surface area contributed by atoms with E-state index >= 15 is 0 Å². The Bertz CT molecular complexity index is 810. The summed E-state index contributed by atoms with van der Waals surface area (Å²) < 4.78 is 5.37. The number of fused-ring (bicyclic) bond motifs is 1. The summed E-state index contributed by atoms with van der Waals surface area (Å²) in [7, 11) is 1.56. The van der Waals surface area contributed by atoms with Gasteiger partial charge < -0.3 is 4.74 Å². The normalized spacial score (nSPS) is 11.0. The maximum Gasteiger partial charge on any atom is 0.148 e. The molecule has 0 aliphatic carbocycles. The lowest BCUT2D eigenvalue weighted by atomic mass is 10.1. The molecule has 0 atom stereocenters. The lowest BCUT2D eigenvalue weighted by Gasteiger charge is -2.04. The smallest absolute Gasteiger partial charge is 0.148 e. The fourth-order valence-electron chi connectivity index (χ4n) is 2.07. The summed E-state index contributed by atoms with van der Waals surface area (Å²) in [6.45, 7) is 0. The summed E-state index contributed by atoms with van der Waals surface area (Å²) in [4.78, 5) is 1.15. The van der Waals surface area contributed by atoms with Crippen molar-refractivity contribution in [2.24, 2.45) is 0 Å². The van der Waals surface area contributed by atoms with Crippen LogP contribution in [0.25, 0.3) is 23.1 Å². The van der Waals surface area contributed by atoms with Crippen molar-refractivity contribution in [1.82, 2.24) is 10.2 Å². The van der Waals surface area contributed by atoms with Crippen LogP contribution in [0.15, 0.2) is 29.6 Å². The second-order valence-corrected chi connectivity index (χ2v) is 5.12. The molecule has 3 rings (SSSR count). The molecular weight excluding hydrogens is 270 g/mol. The van der Waals surface area contributed by atoms with E-state index in [1.165, 1.54) is 0 Å². The minimum Gasteiger partial charge on any atom is -0.495 e. The molecule has 5 heteroatoms. The Morgan fingerprint density at radius 2 is 2.25 bits per heavy atom. The summed E-state index contributed by atoms with van der Waals surface area (Å²) in [5.74, 6) is 0.560. The monoisotopic (exact) mass is 281 g/mol. The number of aromatic nitrogens is 2. The Labute approximate surface area is 119 Å². The highest BCUT2D eigenvalue weighted by atomic mass is 32.1. The van der Waals surface area contributed by atoms with Gasteiger partial charge in [-0.25, -0.2) is 0 Å². The van der Waals surface area contributed by atoms with Crippen molar-refractivity contribution >= 4 is 34.4 Å². The van der Waals surface area contributed by atoms with Crippen molar-refractivity contribution in [3.8, 4) is 11.8 Å². The predicted molar refractivity (Wildman–Crippen MR) is 80.6 cm³/mol. The Morgan fingerprint density at radius 1 is 1.35 bits per heavy atom. The third-order valence-corrected chi connectivity index (χ3v) is 3.82. The molecule has 20 heavy (non-hydrogen) atoms. The van der Waals surface area contributed by atoms with Gasteiger partial charge in [0.25, 0.3) is 0 Å². The Balaban J connectivity index is 2.14. The van der Waals surface area contributed by atoms with Crippen molar-refractivity contribution in [2.45, 2.75) is 0 Å². The van der Waals surface area contributed by atoms with Gasteiger partial charge in [0.2, 0.25) is 0 Å². The highest BCUT2D eigenvalue weighted by molar-refractivity contribution is 7.10. The van der Waals surface area contributed by atoms with E-state index in [1.807, 2.05) is 35.7 Å². The largest absolute Gasteiger partial charge is 0.495 e. The molecule has 0 amide bonds. The van der Waals surface area contributed by atoms with Crippen LogP contribution < -0.4 is 4.74 Å². The van der Waals surface area contributed by atoms with E-state index in [9.17, 15) is 0 Å². The van der Waals surface area contributed by atoms with E-state index in [0.717, 1.165) is 21.5 Å². The molecule has 0 aliphatic rings. The van der Waals surface area contributed by atoms with E-state index in [4.69, 9.17) is 10.00 Å². The number of thiophene rings is 1. The average molecular weight is 281 g/mol. The quantitative estimate of drug-likeness (QED) is 0.796. The fourth-order valence-corrected chi connectivity index (χ4v) is 2.69. The predicted octanol–water partition coefficient (Wildman–Crippen LogP) is 3.68. The molecule has 4 nitrogen and oxygen atoms in total. The highest BCUT2D eigenvalue weighted by Gasteiger charge is 2.13. The molecule has 0 saturated heterocycles. The van der Waals surface area contributed by atoms with Gasteiger partial charge in [-0.2, -0.15) is 10.4 Å². The summed E-state index contributed by atoms with van der Waals surface area (Å²) in [6, 6.07) is 9.74. The number of H-pyrrole nitrogens is 1. The lowest BCUT2D eigenvalue weighted by molar-refractivity contribution is 0.418. The van der Waals surface area contributed by atoms with Crippen LogP contribution in [0.5, 0.6) is 5.75 Å². The summed E-state index contributed by atoms with van der Waals surface area (Å²) in [5.41, 5.74) is 2.13. The number of aromatic amines is 1. The third kappa shape index (κ3) is 2.06. The van der Waals surface area contributed by atoms with E-state index < -0.39 is 0 Å². The number of methoxy groups -OCH3 is 1. The molecule has 2 aromatic heterocycles. The number of hydrogen-bond donors (Lipinski definition) is 1. The van der Waals surface area contributed by atoms with Gasteiger partial charge >= 0.3 is 0 Å². The molecule has 0 radical (unpaired) electrons. The molecular formula is C15H11N3OS. The summed E-state index contributed by atoms with van der Waals surface area (Å²) in [6.07, 6.45) is 3.92. The molecule has 98 valence electrons. The average Bonchev–Trinajstić information content (AvgIpc) is 3.13. The van der Waals surface area contributed by atoms with Gasteiger partial charge in [-0.1, -0.05) is 6.07 Å². The number of nitrogens with zero attached hydrogens (tertiary/aromatic N) is 2. The van der Waals surface area contributed by atoms with Crippen LogP contribution in [0.3, 0.4) is 0 Å². The fraction of sp³-hybridized carbons (Fsp3) is 0.0667. The van der Waals surface area contributed by atoms with Gasteiger partial charge in [0.15, 0.2) is 0 Å². The second-order valence-electron chi connectivity index (χ2n) is 4.14. The van der Waals surface area contributed by atoms with Crippen LogP contribution in [0.2, 0.25) is 0 Å². The van der Waals surface area contributed by atoms with Crippen LogP contribution in [0, 0.1) is 11.3 Å². The molecule has 0 saturated carbocycles. The first kappa shape index (κ1) is 12.5. The van der Waals surface area contributed by atoms with Crippen molar-refractivity contribution in [3.63, 3.8) is 0 Å². The van der Waals surface area contributed by atoms with Gasteiger partial charge in [-0.15, -0.1) is 11.3 Å². The first-order valence-electron chi connectivity index (χ1n) is 6.00. The van der Waals surface area contributed by atoms with Crippen molar-refractivity contribution in [2.75, 3.05) is 7.11 Å². The zero-order chi connectivity index (χ0) is 13.9. The van der Waals surface area contributed by atoms with Gasteiger partial charge in [0.05, 0.1) is 29.3 Å². The van der Waals surface area contributed by atoms with Gasteiger partial charge in [0, 0.05) is 4.88 Å². The Morgan fingerprint density at radius 3 is 2.95 bits per heavy atom. The molecule has 0 bridgehead atoms. The standard InChI is InChI=1S/C15H11N3OS/c1-19-15-10(9-16)4-6-12-14(15)13(18-17-12)7-5-11-3-2-8-20-11/h2-8H,1H3,(H,17,18). The van der Waals surface area contributed by atoms with Crippen molar-refractivity contribution in [1.29, 1.82) is 5.26 Å². The zero-order valence-corrected chi connectivity index (χ0v) is 11.6. The van der Waals surface area contributed by atoms with Crippen molar-refractivity contribution < 1.29 is 4.74 Å². The number of ether oxygens (including phenoxy) is 1. The zero-order valence-electron chi connectivity index (χ0n) is 10.8. The van der Waals surface area contributed by atoms with Crippen LogP contribution in [-0.2, 0) is 0 Å². The van der Waals surface area contributed by atoms with Crippen LogP contribution >= 0.6 is 11.3 Å². The minimum absolute atomic E-state index is 0.507. The van der Waals surface area contributed by atoms with E-state index in [0.29, 0.717) is 11.3 Å². The highest BCUT2D eigenvalue weighted by Crippen LogP contribution is 2.31. The molecule has 3 aromatic rings. The molecule has 2 heterocycles. The first-order valence-corrected chi connectivity index (χ1v) is 6.88.